The summed E-state index contributed by atoms with van der Waals surface area (Å²) in [6, 6.07) is 6.98. The lowest BCUT2D eigenvalue weighted by Crippen LogP contribution is -2.47. The predicted octanol–water partition coefficient (Wildman–Crippen LogP) is 4.52. The Morgan fingerprint density at radius 2 is 1.80 bits per heavy atom. The first-order valence-electron chi connectivity index (χ1n) is 10.4. The molecule has 162 valence electrons. The standard InChI is InChI=1S/C24H30F2N2O2/c1-5-30-22(29)10-21(27)20-9-18(8-16(4)24(20)26)23-14(2)6-17(7-15(23)3)11-28-12-19(25)13-28/h6-9,19,21H,5,10-13,27H2,1-4H3/t21-/m0/s1. The van der Waals surface area contributed by atoms with Crippen LogP contribution in [0.25, 0.3) is 11.1 Å². The number of aryl methyl sites for hydroxylation is 3. The first-order valence-corrected chi connectivity index (χ1v) is 10.4. The summed E-state index contributed by atoms with van der Waals surface area (Å²) in [5.41, 5.74) is 12.1. The second kappa shape index (κ2) is 9.23. The minimum atomic E-state index is -0.775. The number of rotatable bonds is 7. The maximum Gasteiger partial charge on any atom is 0.307 e. The van der Waals surface area contributed by atoms with Crippen LogP contribution in [0, 0.1) is 26.6 Å². The summed E-state index contributed by atoms with van der Waals surface area (Å²) in [4.78, 5) is 13.9. The quantitative estimate of drug-likeness (QED) is 0.674. The van der Waals surface area contributed by atoms with Gasteiger partial charge in [0.25, 0.3) is 0 Å². The molecule has 1 atom stereocenters. The molecule has 6 heteroatoms. The Morgan fingerprint density at radius 3 is 2.37 bits per heavy atom. The van der Waals surface area contributed by atoms with E-state index in [0.29, 0.717) is 24.2 Å². The number of esters is 1. The van der Waals surface area contributed by atoms with Crippen molar-refractivity contribution in [3.63, 3.8) is 0 Å². The van der Waals surface area contributed by atoms with E-state index in [4.69, 9.17) is 10.5 Å². The molecule has 1 heterocycles. The number of hydrogen-bond donors (Lipinski definition) is 1. The van der Waals surface area contributed by atoms with Crippen LogP contribution < -0.4 is 5.73 Å². The number of benzene rings is 2. The fourth-order valence-electron chi connectivity index (χ4n) is 4.21. The van der Waals surface area contributed by atoms with Gasteiger partial charge in [0.1, 0.15) is 12.0 Å². The van der Waals surface area contributed by atoms with E-state index in [1.807, 2.05) is 19.9 Å². The van der Waals surface area contributed by atoms with E-state index in [9.17, 15) is 13.6 Å². The lowest BCUT2D eigenvalue weighted by atomic mass is 9.89. The van der Waals surface area contributed by atoms with Crippen LogP contribution in [0.1, 0.15) is 47.2 Å². The molecule has 4 nitrogen and oxygen atoms in total. The first kappa shape index (κ1) is 22.4. The van der Waals surface area contributed by atoms with Gasteiger partial charge >= 0.3 is 5.97 Å². The molecule has 3 rings (SSSR count). The fraction of sp³-hybridized carbons (Fsp3) is 0.458. The second-order valence-electron chi connectivity index (χ2n) is 8.21. The largest absolute Gasteiger partial charge is 0.466 e. The van der Waals surface area contributed by atoms with Crippen LogP contribution in [0.15, 0.2) is 24.3 Å². The third-order valence-corrected chi connectivity index (χ3v) is 5.57. The average molecular weight is 417 g/mol. The Bertz CT molecular complexity index is 916. The van der Waals surface area contributed by atoms with Crippen molar-refractivity contribution < 1.29 is 18.3 Å². The Hall–Kier alpha value is -2.31. The number of carbonyl (C=O) groups is 1. The van der Waals surface area contributed by atoms with Gasteiger partial charge in [-0.05, 0) is 73.2 Å². The van der Waals surface area contributed by atoms with Gasteiger partial charge in [-0.3, -0.25) is 9.69 Å². The molecule has 1 saturated heterocycles. The summed E-state index contributed by atoms with van der Waals surface area (Å²) in [6.45, 7) is 9.43. The Balaban J connectivity index is 1.91. The molecular weight excluding hydrogens is 386 g/mol. The zero-order valence-electron chi connectivity index (χ0n) is 18.1. The molecule has 0 aliphatic carbocycles. The minimum Gasteiger partial charge on any atom is -0.466 e. The summed E-state index contributed by atoms with van der Waals surface area (Å²) in [5.74, 6) is -0.827. The topological polar surface area (TPSA) is 55.6 Å². The average Bonchev–Trinajstić information content (AvgIpc) is 2.62. The van der Waals surface area contributed by atoms with E-state index in [1.165, 1.54) is 0 Å². The van der Waals surface area contributed by atoms with E-state index in [2.05, 4.69) is 17.0 Å². The lowest BCUT2D eigenvalue weighted by Gasteiger charge is -2.34. The van der Waals surface area contributed by atoms with Gasteiger partial charge in [0.15, 0.2) is 0 Å². The normalized spacial score (nSPS) is 15.7. The summed E-state index contributed by atoms with van der Waals surface area (Å²) in [7, 11) is 0. The maximum atomic E-state index is 14.8. The fourth-order valence-corrected chi connectivity index (χ4v) is 4.21. The molecule has 0 bridgehead atoms. The zero-order chi connectivity index (χ0) is 22.0. The minimum absolute atomic E-state index is 0.0735. The number of alkyl halides is 1. The SMILES string of the molecule is CCOC(=O)C[C@H](N)c1cc(-c2c(C)cc(CN3CC(F)C3)cc2C)cc(C)c1F. The highest BCUT2D eigenvalue weighted by atomic mass is 19.1. The van der Waals surface area contributed by atoms with E-state index in [1.54, 1.807) is 19.9 Å². The molecule has 0 radical (unpaired) electrons. The van der Waals surface area contributed by atoms with Gasteiger partial charge in [-0.25, -0.2) is 8.78 Å². The molecule has 2 aromatic carbocycles. The summed E-state index contributed by atoms with van der Waals surface area (Å²) in [5, 5.41) is 0. The van der Waals surface area contributed by atoms with Crippen LogP contribution in [0.3, 0.4) is 0 Å². The van der Waals surface area contributed by atoms with Crippen LogP contribution in [0.4, 0.5) is 8.78 Å². The van der Waals surface area contributed by atoms with Crippen molar-refractivity contribution in [3.8, 4) is 11.1 Å². The summed E-state index contributed by atoms with van der Waals surface area (Å²) < 4.78 is 32.9. The van der Waals surface area contributed by atoms with Crippen molar-refractivity contribution in [2.75, 3.05) is 19.7 Å². The third kappa shape index (κ3) is 4.87. The van der Waals surface area contributed by atoms with Gasteiger partial charge in [0.05, 0.1) is 13.0 Å². The molecular formula is C24H30F2N2O2. The highest BCUT2D eigenvalue weighted by Gasteiger charge is 2.26. The Kier molecular flexibility index (Phi) is 6.88. The first-order chi connectivity index (χ1) is 14.2. The lowest BCUT2D eigenvalue weighted by molar-refractivity contribution is -0.143. The number of ether oxygens (including phenoxy) is 1. The number of nitrogens with zero attached hydrogens (tertiary/aromatic N) is 1. The van der Waals surface area contributed by atoms with Crippen LogP contribution >= 0.6 is 0 Å². The van der Waals surface area contributed by atoms with Crippen molar-refractivity contribution in [1.82, 2.24) is 4.90 Å². The monoisotopic (exact) mass is 416 g/mol. The van der Waals surface area contributed by atoms with Crippen molar-refractivity contribution in [1.29, 1.82) is 0 Å². The van der Waals surface area contributed by atoms with Crippen molar-refractivity contribution >= 4 is 5.97 Å². The molecule has 0 aromatic heterocycles. The molecule has 0 saturated carbocycles. The smallest absolute Gasteiger partial charge is 0.307 e. The molecule has 0 spiro atoms. The molecule has 2 aromatic rings. The van der Waals surface area contributed by atoms with Gasteiger partial charge in [-0.2, -0.15) is 0 Å². The Labute approximate surface area is 177 Å². The van der Waals surface area contributed by atoms with Crippen molar-refractivity contribution in [2.24, 2.45) is 5.73 Å². The molecule has 1 aliphatic heterocycles. The van der Waals surface area contributed by atoms with E-state index in [0.717, 1.165) is 34.4 Å². The van der Waals surface area contributed by atoms with E-state index in [-0.39, 0.29) is 18.8 Å². The van der Waals surface area contributed by atoms with Gasteiger partial charge in [0, 0.05) is 31.2 Å². The summed E-state index contributed by atoms with van der Waals surface area (Å²) >= 11 is 0. The van der Waals surface area contributed by atoms with E-state index >= 15 is 0 Å². The van der Waals surface area contributed by atoms with Crippen molar-refractivity contribution in [3.05, 3.63) is 57.9 Å². The predicted molar refractivity (Wildman–Crippen MR) is 114 cm³/mol. The number of nitrogens with two attached hydrogens (primary N) is 1. The second-order valence-corrected chi connectivity index (χ2v) is 8.21. The van der Waals surface area contributed by atoms with Crippen LogP contribution in [0.5, 0.6) is 0 Å². The van der Waals surface area contributed by atoms with Crippen LogP contribution in [-0.4, -0.2) is 36.7 Å². The number of hydrogen-bond acceptors (Lipinski definition) is 4. The van der Waals surface area contributed by atoms with Crippen LogP contribution in [-0.2, 0) is 16.1 Å². The van der Waals surface area contributed by atoms with Gasteiger partial charge in [-0.1, -0.05) is 12.1 Å². The molecule has 0 amide bonds. The number of halogens is 2. The third-order valence-electron chi connectivity index (χ3n) is 5.57. The van der Waals surface area contributed by atoms with Crippen LogP contribution in [0.2, 0.25) is 0 Å². The highest BCUT2D eigenvalue weighted by Crippen LogP contribution is 2.33. The van der Waals surface area contributed by atoms with E-state index < -0.39 is 18.2 Å². The molecule has 1 fully saturated rings. The molecule has 0 unspecified atom stereocenters. The number of likely N-dealkylation sites (tertiary alicyclic amines) is 1. The molecule has 2 N–H and O–H groups in total. The zero-order valence-corrected chi connectivity index (χ0v) is 18.1. The van der Waals surface area contributed by atoms with Gasteiger partial charge in [0.2, 0.25) is 0 Å². The highest BCUT2D eigenvalue weighted by molar-refractivity contribution is 5.74. The molecule has 1 aliphatic rings. The van der Waals surface area contributed by atoms with Crippen molar-refractivity contribution in [2.45, 2.75) is 52.9 Å². The summed E-state index contributed by atoms with van der Waals surface area (Å²) in [6.07, 6.45) is -0.790. The molecule has 30 heavy (non-hydrogen) atoms. The number of carbonyl (C=O) groups excluding carboxylic acids is 1. The van der Waals surface area contributed by atoms with Gasteiger partial charge in [-0.15, -0.1) is 0 Å². The van der Waals surface area contributed by atoms with Gasteiger partial charge < -0.3 is 10.5 Å². The Morgan fingerprint density at radius 1 is 1.17 bits per heavy atom. The maximum absolute atomic E-state index is 14.8.